The first-order chi connectivity index (χ1) is 3.95. The smallest absolute Gasteiger partial charge is 0.298 e. The monoisotopic (exact) mass is 160 g/mol. The molecule has 0 aromatic carbocycles. The number of carbonyl (C=O) groups excluding carboxylic acids is 1. The Hall–Kier alpha value is -0.250. The third-order valence-corrected chi connectivity index (χ3v) is 0.845. The van der Waals surface area contributed by atoms with Gasteiger partial charge in [0, 0.05) is 0 Å². The van der Waals surface area contributed by atoms with Crippen molar-refractivity contribution < 1.29 is 18.0 Å². The maximum absolute atomic E-state index is 11.2. The molecule has 0 N–H and O–H groups in total. The van der Waals surface area contributed by atoms with Crippen LogP contribution in [0.4, 0.5) is 13.2 Å². The van der Waals surface area contributed by atoms with Crippen LogP contribution in [0, 0.1) is 0 Å². The molecule has 0 saturated carbocycles. The van der Waals surface area contributed by atoms with E-state index >= 15 is 0 Å². The summed E-state index contributed by atoms with van der Waals surface area (Å²) in [6.45, 7) is 0. The maximum atomic E-state index is 11.2. The van der Waals surface area contributed by atoms with Crippen molar-refractivity contribution in [2.45, 2.75) is 12.6 Å². The number of halogens is 4. The van der Waals surface area contributed by atoms with E-state index in [9.17, 15) is 18.0 Å². The lowest BCUT2D eigenvalue weighted by atomic mass is 10.3. The average molecular weight is 161 g/mol. The highest BCUT2D eigenvalue weighted by Gasteiger charge is 2.30. The summed E-state index contributed by atoms with van der Waals surface area (Å²) in [5.74, 6) is -1.57. The molecule has 9 heavy (non-hydrogen) atoms. The molecule has 5 heteroatoms. The average Bonchev–Trinajstić information content (AvgIpc) is 1.62. The van der Waals surface area contributed by atoms with Gasteiger partial charge in [-0.05, 0) is 0 Å². The number of carbonyl (C=O) groups is 1. The van der Waals surface area contributed by atoms with Crippen molar-refractivity contribution in [3.63, 3.8) is 0 Å². The Bertz CT molecular complexity index is 109. The number of hydrogen-bond acceptors (Lipinski definition) is 1. The van der Waals surface area contributed by atoms with Gasteiger partial charge in [0.25, 0.3) is 0 Å². The van der Waals surface area contributed by atoms with E-state index in [4.69, 9.17) is 11.6 Å². The highest BCUT2D eigenvalue weighted by molar-refractivity contribution is 6.27. The van der Waals surface area contributed by atoms with Crippen molar-refractivity contribution in [1.29, 1.82) is 0 Å². The molecule has 0 aromatic heterocycles. The van der Waals surface area contributed by atoms with E-state index in [1.807, 2.05) is 0 Å². The number of alkyl halides is 4. The van der Waals surface area contributed by atoms with Gasteiger partial charge >= 0.3 is 6.18 Å². The summed E-state index contributed by atoms with van der Waals surface area (Å²) in [5, 5.41) is 0. The van der Waals surface area contributed by atoms with Crippen molar-refractivity contribution in [2.75, 3.05) is 5.88 Å². The zero-order valence-electron chi connectivity index (χ0n) is 4.33. The third kappa shape index (κ3) is 5.62. The molecule has 0 atom stereocenters. The van der Waals surface area contributed by atoms with Gasteiger partial charge < -0.3 is 0 Å². The molecule has 0 aliphatic carbocycles. The predicted octanol–water partition coefficient (Wildman–Crippen LogP) is 1.75. The van der Waals surface area contributed by atoms with E-state index < -0.39 is 24.3 Å². The quantitative estimate of drug-likeness (QED) is 0.563. The van der Waals surface area contributed by atoms with Crippen molar-refractivity contribution in [1.82, 2.24) is 0 Å². The summed E-state index contributed by atoms with van der Waals surface area (Å²) in [4.78, 5) is 9.98. The minimum Gasteiger partial charge on any atom is -0.298 e. The largest absolute Gasteiger partial charge is 0.395 e. The lowest BCUT2D eigenvalue weighted by molar-refractivity contribution is -0.150. The number of Topliss-reactive ketones (excluding diaryl/α,β-unsaturated/α-hetero) is 1. The Kier molecular flexibility index (Phi) is 2.97. The van der Waals surface area contributed by atoms with Crippen LogP contribution in [0.15, 0.2) is 0 Å². The topological polar surface area (TPSA) is 17.1 Å². The Morgan fingerprint density at radius 2 is 1.89 bits per heavy atom. The van der Waals surface area contributed by atoms with Crippen LogP contribution in [0.2, 0.25) is 0 Å². The van der Waals surface area contributed by atoms with Crippen LogP contribution >= 0.6 is 11.6 Å². The van der Waals surface area contributed by atoms with Gasteiger partial charge in [-0.15, -0.1) is 11.6 Å². The van der Waals surface area contributed by atoms with Crippen LogP contribution in [-0.4, -0.2) is 17.8 Å². The van der Waals surface area contributed by atoms with Gasteiger partial charge in [-0.3, -0.25) is 4.79 Å². The molecule has 0 aliphatic heterocycles. The molecule has 0 radical (unpaired) electrons. The summed E-state index contributed by atoms with van der Waals surface area (Å²) in [6, 6.07) is 0. The first kappa shape index (κ1) is 8.75. The summed E-state index contributed by atoms with van der Waals surface area (Å²) in [6.07, 6.45) is -5.83. The van der Waals surface area contributed by atoms with Crippen LogP contribution in [0.25, 0.3) is 0 Å². The standard InChI is InChI=1S/C4H4ClF3O/c5-2-3(9)1-4(6,7)8/h1-2H2. The molecule has 0 aliphatic rings. The van der Waals surface area contributed by atoms with Crippen LogP contribution in [-0.2, 0) is 4.79 Å². The van der Waals surface area contributed by atoms with Gasteiger partial charge in [0.05, 0.1) is 5.88 Å². The maximum Gasteiger partial charge on any atom is 0.395 e. The molecule has 0 unspecified atom stereocenters. The first-order valence-corrected chi connectivity index (χ1v) is 2.63. The second-order valence-corrected chi connectivity index (χ2v) is 1.73. The van der Waals surface area contributed by atoms with Crippen LogP contribution in [0.3, 0.4) is 0 Å². The van der Waals surface area contributed by atoms with E-state index in [1.165, 1.54) is 0 Å². The second-order valence-electron chi connectivity index (χ2n) is 1.46. The fraction of sp³-hybridized carbons (Fsp3) is 0.750. The molecule has 1 nitrogen and oxygen atoms in total. The number of rotatable bonds is 2. The van der Waals surface area contributed by atoms with Gasteiger partial charge in [-0.2, -0.15) is 13.2 Å². The molecule has 54 valence electrons. The van der Waals surface area contributed by atoms with Crippen LogP contribution in [0.5, 0.6) is 0 Å². The van der Waals surface area contributed by atoms with Gasteiger partial charge in [-0.25, -0.2) is 0 Å². The number of hydrogen-bond donors (Lipinski definition) is 0. The lowest BCUT2D eigenvalue weighted by Gasteiger charge is -2.01. The Labute approximate surface area is 54.8 Å². The Morgan fingerprint density at radius 3 is 2.00 bits per heavy atom. The summed E-state index contributed by atoms with van der Waals surface area (Å²) in [7, 11) is 0. The molecule has 0 saturated heterocycles. The molecule has 0 spiro atoms. The van der Waals surface area contributed by atoms with E-state index in [0.717, 1.165) is 0 Å². The van der Waals surface area contributed by atoms with Gasteiger partial charge in [-0.1, -0.05) is 0 Å². The van der Waals surface area contributed by atoms with Crippen molar-refractivity contribution in [3.8, 4) is 0 Å². The van der Waals surface area contributed by atoms with E-state index in [0.29, 0.717) is 0 Å². The molecule has 0 heterocycles. The zero-order chi connectivity index (χ0) is 7.49. The Balaban J connectivity index is 3.60. The number of ketones is 1. The minimum absolute atomic E-state index is 0.570. The van der Waals surface area contributed by atoms with Gasteiger partial charge in [0.15, 0.2) is 5.78 Å². The van der Waals surface area contributed by atoms with E-state index in [-0.39, 0.29) is 0 Å². The zero-order valence-corrected chi connectivity index (χ0v) is 5.09. The molecule has 0 fully saturated rings. The van der Waals surface area contributed by atoms with Crippen molar-refractivity contribution >= 4 is 17.4 Å². The molecule has 0 amide bonds. The van der Waals surface area contributed by atoms with Crippen molar-refractivity contribution in [3.05, 3.63) is 0 Å². The fourth-order valence-corrected chi connectivity index (χ4v) is 0.365. The molecule has 0 bridgehead atoms. The van der Waals surface area contributed by atoms with E-state index in [2.05, 4.69) is 0 Å². The van der Waals surface area contributed by atoms with Gasteiger partial charge in [0.2, 0.25) is 0 Å². The molecule has 0 rings (SSSR count). The summed E-state index contributed by atoms with van der Waals surface area (Å²) < 4.78 is 33.6. The second kappa shape index (κ2) is 3.06. The Morgan fingerprint density at radius 1 is 1.44 bits per heavy atom. The van der Waals surface area contributed by atoms with Crippen LogP contribution < -0.4 is 0 Å². The summed E-state index contributed by atoms with van der Waals surface area (Å²) in [5.41, 5.74) is 0. The SMILES string of the molecule is O=C(CCl)CC(F)(F)F. The normalized spacial score (nSPS) is 11.6. The minimum atomic E-state index is -4.41. The fourth-order valence-electron chi connectivity index (χ4n) is 0.271. The van der Waals surface area contributed by atoms with Crippen LogP contribution in [0.1, 0.15) is 6.42 Å². The summed E-state index contributed by atoms with van der Waals surface area (Å²) >= 11 is 4.81. The highest BCUT2D eigenvalue weighted by atomic mass is 35.5. The highest BCUT2D eigenvalue weighted by Crippen LogP contribution is 2.19. The lowest BCUT2D eigenvalue weighted by Crippen LogP contribution is -2.15. The first-order valence-electron chi connectivity index (χ1n) is 2.10. The van der Waals surface area contributed by atoms with Crippen molar-refractivity contribution in [2.24, 2.45) is 0 Å². The van der Waals surface area contributed by atoms with E-state index in [1.54, 1.807) is 0 Å². The third-order valence-electron chi connectivity index (χ3n) is 0.547. The predicted molar refractivity (Wildman–Crippen MR) is 26.4 cm³/mol. The molecular weight excluding hydrogens is 156 g/mol. The van der Waals surface area contributed by atoms with Gasteiger partial charge in [0.1, 0.15) is 6.42 Å². The molecule has 0 aromatic rings. The molecular formula is C4H4ClF3O.